The Bertz CT molecular complexity index is 1090. The minimum absolute atomic E-state index is 0.0143. The van der Waals surface area contributed by atoms with E-state index in [4.69, 9.17) is 29.5 Å². The number of halogens is 6. The third-order valence-corrected chi connectivity index (χ3v) is 5.50. The number of nitrogens with zero attached hydrogens (tertiary/aromatic N) is 2. The molecule has 9 nitrogen and oxygen atoms in total. The first-order valence-corrected chi connectivity index (χ1v) is 10.6. The molecule has 0 saturated carbocycles. The molecule has 2 fully saturated rings. The highest BCUT2D eigenvalue weighted by atomic mass is 19.4. The zero-order chi connectivity index (χ0) is 28.0. The molecular formula is C22H23F6N3O6. The van der Waals surface area contributed by atoms with E-state index >= 15 is 0 Å². The van der Waals surface area contributed by atoms with Crippen LogP contribution in [0.4, 0.5) is 26.3 Å². The van der Waals surface area contributed by atoms with Gasteiger partial charge in [-0.2, -0.15) is 26.3 Å². The molecule has 3 heterocycles. The van der Waals surface area contributed by atoms with Crippen molar-refractivity contribution in [2.75, 3.05) is 26.7 Å². The van der Waals surface area contributed by atoms with Crippen molar-refractivity contribution in [1.29, 1.82) is 0 Å². The van der Waals surface area contributed by atoms with E-state index in [9.17, 15) is 31.1 Å². The summed E-state index contributed by atoms with van der Waals surface area (Å²) in [6.45, 7) is 3.14. The minimum Gasteiger partial charge on any atom is -0.475 e. The van der Waals surface area contributed by atoms with Crippen LogP contribution in [0.2, 0.25) is 0 Å². The van der Waals surface area contributed by atoms with Crippen LogP contribution in [0.1, 0.15) is 5.69 Å². The minimum atomic E-state index is -5.08. The Morgan fingerprint density at radius 1 is 1.00 bits per heavy atom. The maximum atomic E-state index is 11.9. The van der Waals surface area contributed by atoms with Gasteiger partial charge in [0.1, 0.15) is 0 Å². The zero-order valence-electron chi connectivity index (χ0n) is 19.2. The molecule has 2 saturated heterocycles. The number of carboxylic acids is 2. The molecule has 37 heavy (non-hydrogen) atoms. The predicted molar refractivity (Wildman–Crippen MR) is 115 cm³/mol. The van der Waals surface area contributed by atoms with Crippen LogP contribution >= 0.6 is 0 Å². The van der Waals surface area contributed by atoms with Crippen LogP contribution in [0.5, 0.6) is 0 Å². The lowest BCUT2D eigenvalue weighted by Gasteiger charge is -2.18. The van der Waals surface area contributed by atoms with Gasteiger partial charge in [0.25, 0.3) is 0 Å². The van der Waals surface area contributed by atoms with E-state index in [1.165, 1.54) is 0 Å². The van der Waals surface area contributed by atoms with Crippen molar-refractivity contribution in [3.05, 3.63) is 42.1 Å². The zero-order valence-corrected chi connectivity index (χ0v) is 19.2. The quantitative estimate of drug-likeness (QED) is 0.508. The van der Waals surface area contributed by atoms with Crippen molar-refractivity contribution < 1.29 is 55.7 Å². The van der Waals surface area contributed by atoms with E-state index in [-0.39, 0.29) is 17.9 Å². The Morgan fingerprint density at radius 3 is 2.11 bits per heavy atom. The molecular weight excluding hydrogens is 516 g/mol. The maximum Gasteiger partial charge on any atom is 0.490 e. The summed E-state index contributed by atoms with van der Waals surface area (Å²) in [5, 5.41) is 18.2. The number of carboxylic acid groups (broad SMARTS) is 2. The number of amides is 1. The van der Waals surface area contributed by atoms with Gasteiger partial charge in [0.15, 0.2) is 0 Å². The van der Waals surface area contributed by atoms with Crippen molar-refractivity contribution in [2.45, 2.75) is 25.0 Å². The molecule has 3 atom stereocenters. The lowest BCUT2D eigenvalue weighted by Crippen LogP contribution is -2.34. The molecule has 2 aliphatic heterocycles. The smallest absolute Gasteiger partial charge is 0.475 e. The van der Waals surface area contributed by atoms with Gasteiger partial charge in [0.05, 0.1) is 29.8 Å². The van der Waals surface area contributed by atoms with E-state index in [0.29, 0.717) is 12.5 Å². The number of nitrogens with one attached hydrogen (secondary N) is 1. The van der Waals surface area contributed by atoms with Gasteiger partial charge in [-0.05, 0) is 12.1 Å². The second kappa shape index (κ2) is 12.2. The van der Waals surface area contributed by atoms with Gasteiger partial charge in [-0.1, -0.05) is 24.3 Å². The summed E-state index contributed by atoms with van der Waals surface area (Å²) in [7, 11) is 1.70. The molecule has 0 unspecified atom stereocenters. The number of pyridine rings is 1. The van der Waals surface area contributed by atoms with Gasteiger partial charge < -0.3 is 20.3 Å². The Morgan fingerprint density at radius 2 is 1.57 bits per heavy atom. The number of likely N-dealkylation sites (tertiary alicyclic amines) is 1. The van der Waals surface area contributed by atoms with Gasteiger partial charge >= 0.3 is 24.3 Å². The molecule has 4 rings (SSSR count). The molecule has 2 aromatic rings. The maximum absolute atomic E-state index is 11.9. The summed E-state index contributed by atoms with van der Waals surface area (Å²) in [5.74, 6) is -5.13. The van der Waals surface area contributed by atoms with E-state index in [0.717, 1.165) is 36.2 Å². The first-order valence-electron chi connectivity index (χ1n) is 10.6. The number of hydrogen-bond donors (Lipinski definition) is 3. The lowest BCUT2D eigenvalue weighted by molar-refractivity contribution is -0.193. The van der Waals surface area contributed by atoms with E-state index in [2.05, 4.69) is 28.4 Å². The van der Waals surface area contributed by atoms with Crippen LogP contribution in [0.3, 0.4) is 0 Å². The fraction of sp³-hybridized carbons (Fsp3) is 0.455. The highest BCUT2D eigenvalue weighted by Gasteiger charge is 2.46. The number of fused-ring (bicyclic) bond motifs is 2. The molecule has 204 valence electrons. The van der Waals surface area contributed by atoms with Gasteiger partial charge in [0, 0.05) is 38.0 Å². The van der Waals surface area contributed by atoms with E-state index in [1.54, 1.807) is 7.05 Å². The number of ether oxygens (including phenoxy) is 1. The number of alkyl halides is 6. The van der Waals surface area contributed by atoms with Crippen molar-refractivity contribution >= 4 is 28.7 Å². The molecule has 1 aromatic heterocycles. The number of benzene rings is 1. The molecule has 2 aliphatic rings. The number of carbonyl (C=O) groups excluding carboxylic acids is 1. The second-order valence-electron chi connectivity index (χ2n) is 8.05. The SMILES string of the molecule is CNC(=O)[C@H]1CO[C@@H]2CN(Cc3ccc4ccccc4n3)C[C@H]12.O=C(O)C(F)(F)F.O=C(O)C(F)(F)F. The standard InChI is InChI=1S/C18H21N3O2.2C2HF3O2/c1-19-18(22)15-11-23-17-10-21(9-14(15)17)8-13-7-6-12-4-2-3-5-16(12)20-13;2*3-2(4,5)1(6)7/h2-7,14-15,17H,8-11H2,1H3,(H,19,22);2*(H,6,7)/t14-,15+,17-;;/m1../s1. The van der Waals surface area contributed by atoms with Crippen LogP contribution < -0.4 is 5.32 Å². The van der Waals surface area contributed by atoms with Crippen LogP contribution in [-0.4, -0.2) is 83.1 Å². The predicted octanol–water partition coefficient (Wildman–Crippen LogP) is 2.69. The first-order chi connectivity index (χ1) is 17.1. The van der Waals surface area contributed by atoms with E-state index in [1.807, 2.05) is 18.2 Å². The lowest BCUT2D eigenvalue weighted by atomic mass is 9.92. The molecule has 1 aromatic carbocycles. The van der Waals surface area contributed by atoms with Crippen LogP contribution in [0.15, 0.2) is 36.4 Å². The highest BCUT2D eigenvalue weighted by molar-refractivity contribution is 5.79. The van der Waals surface area contributed by atoms with E-state index < -0.39 is 24.3 Å². The summed E-state index contributed by atoms with van der Waals surface area (Å²) in [6.07, 6.45) is -9.99. The van der Waals surface area contributed by atoms with Crippen molar-refractivity contribution in [1.82, 2.24) is 15.2 Å². The average Bonchev–Trinajstić information content (AvgIpc) is 3.38. The highest BCUT2D eigenvalue weighted by Crippen LogP contribution is 2.34. The summed E-state index contributed by atoms with van der Waals surface area (Å²) in [6, 6.07) is 12.4. The fourth-order valence-electron chi connectivity index (χ4n) is 3.80. The molecule has 1 amide bonds. The molecule has 0 spiro atoms. The van der Waals surface area contributed by atoms with Gasteiger partial charge in [-0.25, -0.2) is 9.59 Å². The Hall–Kier alpha value is -3.46. The number of hydrogen-bond acceptors (Lipinski definition) is 6. The number of aromatic nitrogens is 1. The Kier molecular flexibility index (Phi) is 9.80. The fourth-order valence-corrected chi connectivity index (χ4v) is 3.80. The Labute approximate surface area is 206 Å². The second-order valence-corrected chi connectivity index (χ2v) is 8.05. The first kappa shape index (κ1) is 29.8. The molecule has 0 radical (unpaired) electrons. The summed E-state index contributed by atoms with van der Waals surface area (Å²) >= 11 is 0. The summed E-state index contributed by atoms with van der Waals surface area (Å²) < 4.78 is 69.3. The Balaban J connectivity index is 0.000000286. The summed E-state index contributed by atoms with van der Waals surface area (Å²) in [5.41, 5.74) is 2.10. The van der Waals surface area contributed by atoms with Crippen LogP contribution in [-0.2, 0) is 25.7 Å². The number of para-hydroxylation sites is 1. The van der Waals surface area contributed by atoms with Gasteiger partial charge in [-0.3, -0.25) is 14.7 Å². The molecule has 0 bridgehead atoms. The van der Waals surface area contributed by atoms with Crippen molar-refractivity contribution in [3.8, 4) is 0 Å². The molecule has 15 heteroatoms. The topological polar surface area (TPSA) is 129 Å². The van der Waals surface area contributed by atoms with Crippen LogP contribution in [0, 0.1) is 11.8 Å². The normalized spacial score (nSPS) is 21.2. The number of aliphatic carboxylic acids is 2. The number of carbonyl (C=O) groups is 3. The molecule has 0 aliphatic carbocycles. The number of rotatable bonds is 3. The summed E-state index contributed by atoms with van der Waals surface area (Å²) in [4.78, 5) is 36.8. The van der Waals surface area contributed by atoms with Crippen molar-refractivity contribution in [3.63, 3.8) is 0 Å². The third kappa shape index (κ3) is 8.56. The average molecular weight is 539 g/mol. The molecule has 3 N–H and O–H groups in total. The van der Waals surface area contributed by atoms with Crippen molar-refractivity contribution in [2.24, 2.45) is 11.8 Å². The van der Waals surface area contributed by atoms with Gasteiger partial charge in [0.2, 0.25) is 5.91 Å². The monoisotopic (exact) mass is 539 g/mol. The largest absolute Gasteiger partial charge is 0.490 e. The van der Waals surface area contributed by atoms with Gasteiger partial charge in [-0.15, -0.1) is 0 Å². The third-order valence-electron chi connectivity index (χ3n) is 5.50. The van der Waals surface area contributed by atoms with Crippen LogP contribution in [0.25, 0.3) is 10.9 Å².